The summed E-state index contributed by atoms with van der Waals surface area (Å²) in [7, 11) is -2.80. The van der Waals surface area contributed by atoms with Gasteiger partial charge in [-0.05, 0) is 53.9 Å². The predicted molar refractivity (Wildman–Crippen MR) is 91.7 cm³/mol. The Kier molecular flexibility index (Phi) is 4.04. The highest BCUT2D eigenvalue weighted by molar-refractivity contribution is 7.85. The van der Waals surface area contributed by atoms with E-state index in [1.807, 2.05) is 24.3 Å². The number of phenols is 1. The van der Waals surface area contributed by atoms with Crippen LogP contribution in [0.15, 0.2) is 59.5 Å². The first-order valence-corrected chi connectivity index (χ1v) is 8.46. The number of methoxy groups -OCH3 is 1. The first-order chi connectivity index (χ1) is 11.4. The molecule has 0 saturated heterocycles. The van der Waals surface area contributed by atoms with E-state index in [1.165, 1.54) is 6.07 Å². The lowest BCUT2D eigenvalue weighted by atomic mass is 10.1. The Hall–Kier alpha value is -2.77. The maximum atomic E-state index is 11.3. The fourth-order valence-corrected chi connectivity index (χ4v) is 2.93. The van der Waals surface area contributed by atoms with Crippen molar-refractivity contribution in [2.45, 2.75) is 4.90 Å². The van der Waals surface area contributed by atoms with Gasteiger partial charge >= 0.3 is 0 Å². The Morgan fingerprint density at radius 1 is 0.958 bits per heavy atom. The number of fused-ring (bicyclic) bond motifs is 1. The molecule has 124 valence electrons. The molecule has 24 heavy (non-hydrogen) atoms. The van der Waals surface area contributed by atoms with Crippen LogP contribution in [0.2, 0.25) is 0 Å². The van der Waals surface area contributed by atoms with Crippen LogP contribution in [0.1, 0.15) is 0 Å². The van der Waals surface area contributed by atoms with Gasteiger partial charge in [-0.3, -0.25) is 4.55 Å². The van der Waals surface area contributed by atoms with Crippen molar-refractivity contribution in [1.82, 2.24) is 0 Å². The van der Waals surface area contributed by atoms with Crippen molar-refractivity contribution >= 4 is 32.3 Å². The van der Waals surface area contributed by atoms with Crippen LogP contribution >= 0.6 is 0 Å². The van der Waals surface area contributed by atoms with Crippen LogP contribution < -0.4 is 10.1 Å². The third kappa shape index (κ3) is 3.27. The molecule has 0 saturated carbocycles. The van der Waals surface area contributed by atoms with Crippen molar-refractivity contribution in [3.63, 3.8) is 0 Å². The number of aromatic hydroxyl groups is 1. The van der Waals surface area contributed by atoms with Crippen LogP contribution in [0.25, 0.3) is 10.8 Å². The maximum absolute atomic E-state index is 11.3. The third-order valence-electron chi connectivity index (χ3n) is 3.58. The molecular formula is C17H15NO5S. The van der Waals surface area contributed by atoms with Crippen molar-refractivity contribution in [2.75, 3.05) is 12.4 Å². The lowest BCUT2D eigenvalue weighted by Gasteiger charge is -2.10. The minimum atomic E-state index is -4.39. The number of nitrogens with one attached hydrogen (secondary N) is 1. The van der Waals surface area contributed by atoms with Crippen LogP contribution in [0, 0.1) is 0 Å². The van der Waals surface area contributed by atoms with Crippen molar-refractivity contribution < 1.29 is 22.8 Å². The average molecular weight is 345 g/mol. The second-order valence-electron chi connectivity index (χ2n) is 5.21. The largest absolute Gasteiger partial charge is 0.507 e. The first-order valence-electron chi connectivity index (χ1n) is 7.02. The van der Waals surface area contributed by atoms with E-state index < -0.39 is 10.1 Å². The van der Waals surface area contributed by atoms with Gasteiger partial charge in [0.25, 0.3) is 10.1 Å². The molecule has 6 nitrogen and oxygen atoms in total. The molecule has 0 aliphatic carbocycles. The summed E-state index contributed by atoms with van der Waals surface area (Å²) >= 11 is 0. The maximum Gasteiger partial charge on any atom is 0.294 e. The molecule has 0 radical (unpaired) electrons. The SMILES string of the molecule is COc1ccc(Nc2ccc3c(O)cc(S(=O)(=O)O)cc3c2)cc1. The van der Waals surface area contributed by atoms with Crippen molar-refractivity contribution in [2.24, 2.45) is 0 Å². The van der Waals surface area contributed by atoms with Gasteiger partial charge in [0, 0.05) is 22.8 Å². The van der Waals surface area contributed by atoms with Crippen LogP contribution in [0.3, 0.4) is 0 Å². The van der Waals surface area contributed by atoms with E-state index in [0.29, 0.717) is 16.5 Å². The van der Waals surface area contributed by atoms with Gasteiger partial charge in [0.2, 0.25) is 0 Å². The molecule has 0 bridgehead atoms. The lowest BCUT2D eigenvalue weighted by Crippen LogP contribution is -1.98. The molecule has 3 N–H and O–H groups in total. The highest BCUT2D eigenvalue weighted by atomic mass is 32.2. The zero-order valence-corrected chi connectivity index (χ0v) is 13.5. The number of ether oxygens (including phenoxy) is 1. The van der Waals surface area contributed by atoms with Crippen LogP contribution in [0.5, 0.6) is 11.5 Å². The molecule has 0 aliphatic rings. The minimum Gasteiger partial charge on any atom is -0.507 e. The van der Waals surface area contributed by atoms with Crippen LogP contribution in [-0.4, -0.2) is 25.2 Å². The van der Waals surface area contributed by atoms with E-state index in [0.717, 1.165) is 17.5 Å². The van der Waals surface area contributed by atoms with Gasteiger partial charge in [-0.2, -0.15) is 8.42 Å². The number of benzene rings is 3. The third-order valence-corrected chi connectivity index (χ3v) is 4.41. The number of rotatable bonds is 4. The number of anilines is 2. The van der Waals surface area contributed by atoms with E-state index in [4.69, 9.17) is 9.29 Å². The fourth-order valence-electron chi connectivity index (χ4n) is 2.39. The first kappa shape index (κ1) is 16.1. The van der Waals surface area contributed by atoms with E-state index in [9.17, 15) is 13.5 Å². The molecule has 3 aromatic carbocycles. The molecule has 0 aliphatic heterocycles. The normalized spacial score (nSPS) is 11.4. The fraction of sp³-hybridized carbons (Fsp3) is 0.0588. The van der Waals surface area contributed by atoms with E-state index in [-0.39, 0.29) is 10.6 Å². The quantitative estimate of drug-likeness (QED) is 0.626. The van der Waals surface area contributed by atoms with Gasteiger partial charge < -0.3 is 15.2 Å². The second kappa shape index (κ2) is 6.03. The molecule has 0 aromatic heterocycles. The summed E-state index contributed by atoms with van der Waals surface area (Å²) in [5, 5.41) is 14.1. The molecule has 3 aromatic rings. The molecular weight excluding hydrogens is 330 g/mol. The number of hydrogen-bond donors (Lipinski definition) is 3. The Morgan fingerprint density at radius 3 is 2.25 bits per heavy atom. The van der Waals surface area contributed by atoms with E-state index >= 15 is 0 Å². The van der Waals surface area contributed by atoms with Crippen LogP contribution in [0.4, 0.5) is 11.4 Å². The standard InChI is InChI=1S/C17H15NO5S/c1-23-14-5-2-12(3-6-14)18-13-4-7-16-11(8-13)9-15(10-17(16)19)24(20,21)22/h2-10,18-19H,1H3,(H,20,21,22). The van der Waals surface area contributed by atoms with Crippen molar-refractivity contribution in [1.29, 1.82) is 0 Å². The van der Waals surface area contributed by atoms with Gasteiger partial charge in [0.15, 0.2) is 0 Å². The molecule has 0 atom stereocenters. The van der Waals surface area contributed by atoms with Crippen molar-refractivity contribution in [3.8, 4) is 11.5 Å². The second-order valence-corrected chi connectivity index (χ2v) is 6.63. The van der Waals surface area contributed by atoms with Gasteiger partial charge in [0.1, 0.15) is 11.5 Å². The lowest BCUT2D eigenvalue weighted by molar-refractivity contribution is 0.415. The predicted octanol–water partition coefficient (Wildman–Crippen LogP) is 3.54. The average Bonchev–Trinajstić information content (AvgIpc) is 2.54. The summed E-state index contributed by atoms with van der Waals surface area (Å²) in [6.45, 7) is 0. The summed E-state index contributed by atoms with van der Waals surface area (Å²) in [6.07, 6.45) is 0. The summed E-state index contributed by atoms with van der Waals surface area (Å²) in [5.74, 6) is 0.526. The Labute approximate surface area is 139 Å². The van der Waals surface area contributed by atoms with Crippen LogP contribution in [-0.2, 0) is 10.1 Å². The molecule has 3 rings (SSSR count). The van der Waals surface area contributed by atoms with Crippen molar-refractivity contribution in [3.05, 3.63) is 54.6 Å². The highest BCUT2D eigenvalue weighted by Gasteiger charge is 2.13. The smallest absolute Gasteiger partial charge is 0.294 e. The highest BCUT2D eigenvalue weighted by Crippen LogP contribution is 2.31. The molecule has 0 fully saturated rings. The summed E-state index contributed by atoms with van der Waals surface area (Å²) < 4.78 is 36.8. The zero-order chi connectivity index (χ0) is 17.3. The van der Waals surface area contributed by atoms with Gasteiger partial charge in [-0.15, -0.1) is 0 Å². The molecule has 0 amide bonds. The van der Waals surface area contributed by atoms with Gasteiger partial charge in [0.05, 0.1) is 12.0 Å². The van der Waals surface area contributed by atoms with E-state index in [1.54, 1.807) is 25.3 Å². The number of phenolic OH excluding ortho intramolecular Hbond substituents is 1. The monoisotopic (exact) mass is 345 g/mol. The summed E-state index contributed by atoms with van der Waals surface area (Å²) in [5.41, 5.74) is 1.53. The van der Waals surface area contributed by atoms with Gasteiger partial charge in [-0.1, -0.05) is 0 Å². The zero-order valence-electron chi connectivity index (χ0n) is 12.7. The molecule has 0 unspecified atom stereocenters. The Balaban J connectivity index is 2.00. The summed E-state index contributed by atoms with van der Waals surface area (Å²) in [6, 6.07) is 14.8. The summed E-state index contributed by atoms with van der Waals surface area (Å²) in [4.78, 5) is -0.353. The van der Waals surface area contributed by atoms with E-state index in [2.05, 4.69) is 5.32 Å². The Bertz CT molecular complexity index is 997. The number of hydrogen-bond acceptors (Lipinski definition) is 5. The van der Waals surface area contributed by atoms with Gasteiger partial charge in [-0.25, -0.2) is 0 Å². The topological polar surface area (TPSA) is 95.9 Å². The molecule has 7 heteroatoms. The minimum absolute atomic E-state index is 0.212. The molecule has 0 heterocycles. The Morgan fingerprint density at radius 2 is 1.62 bits per heavy atom. The molecule has 0 spiro atoms.